The molecule has 0 unspecified atom stereocenters. The SMILES string of the molecule is Cl.O=C(Nc1ccc(N(CCCl)CCCl)cc1)Nc1cccc(C(=O)N2CCC(N3CCCCC3)CC2)c1. The molecule has 0 saturated carbocycles. The third kappa shape index (κ3) is 8.40. The summed E-state index contributed by atoms with van der Waals surface area (Å²) in [5, 5.41) is 5.69. The van der Waals surface area contributed by atoms with E-state index in [1.54, 1.807) is 18.2 Å². The summed E-state index contributed by atoms with van der Waals surface area (Å²) in [5.74, 6) is 1.05. The highest BCUT2D eigenvalue weighted by molar-refractivity contribution is 6.18. The van der Waals surface area contributed by atoms with E-state index in [1.807, 2.05) is 35.2 Å². The maximum atomic E-state index is 13.2. The van der Waals surface area contributed by atoms with Crippen LogP contribution in [-0.2, 0) is 0 Å². The van der Waals surface area contributed by atoms with E-state index in [4.69, 9.17) is 23.2 Å². The van der Waals surface area contributed by atoms with Crippen molar-refractivity contribution in [3.8, 4) is 0 Å². The highest BCUT2D eigenvalue weighted by Crippen LogP contribution is 2.23. The predicted molar refractivity (Wildman–Crippen MR) is 161 cm³/mol. The standard InChI is InChI=1S/C28H37Cl2N5O2.ClH/c29-13-19-34(20-14-30)25-9-7-23(8-10-25)31-28(37)32-24-6-4-5-22(21-24)27(36)35-17-11-26(12-18-35)33-15-2-1-3-16-33;/h4-10,21,26H,1-3,11-20H2,(H2,31,32,37);1H. The van der Waals surface area contributed by atoms with Crippen LogP contribution in [0.1, 0.15) is 42.5 Å². The van der Waals surface area contributed by atoms with Crippen molar-refractivity contribution >= 4 is 64.6 Å². The Morgan fingerprint density at radius 1 is 0.842 bits per heavy atom. The minimum atomic E-state index is -0.363. The van der Waals surface area contributed by atoms with Gasteiger partial charge in [0.2, 0.25) is 0 Å². The number of carbonyl (C=O) groups excluding carboxylic acids is 2. The fourth-order valence-corrected chi connectivity index (χ4v) is 5.66. The maximum Gasteiger partial charge on any atom is 0.323 e. The number of urea groups is 1. The third-order valence-corrected chi connectivity index (χ3v) is 7.56. The number of halogens is 3. The van der Waals surface area contributed by atoms with E-state index >= 15 is 0 Å². The number of alkyl halides is 2. The first-order chi connectivity index (χ1) is 18.1. The van der Waals surface area contributed by atoms with Crippen LogP contribution < -0.4 is 15.5 Å². The largest absolute Gasteiger partial charge is 0.369 e. The van der Waals surface area contributed by atoms with E-state index in [2.05, 4.69) is 20.4 Å². The number of anilines is 3. The van der Waals surface area contributed by atoms with Gasteiger partial charge in [0, 0.05) is 66.6 Å². The minimum Gasteiger partial charge on any atom is -0.369 e. The monoisotopic (exact) mass is 581 g/mol. The van der Waals surface area contributed by atoms with Crippen LogP contribution >= 0.6 is 35.6 Å². The summed E-state index contributed by atoms with van der Waals surface area (Å²) in [6, 6.07) is 14.9. The molecule has 2 aromatic rings. The number of carbonyl (C=O) groups is 2. The number of benzene rings is 2. The summed E-state index contributed by atoms with van der Waals surface area (Å²) < 4.78 is 0. The van der Waals surface area contributed by atoms with Crippen molar-refractivity contribution in [2.24, 2.45) is 0 Å². The van der Waals surface area contributed by atoms with Gasteiger partial charge in [-0.05, 0) is 81.2 Å². The summed E-state index contributed by atoms with van der Waals surface area (Å²) in [6.07, 6.45) is 5.98. The molecule has 2 aliphatic rings. The Hall–Kier alpha value is -2.19. The molecule has 2 aliphatic heterocycles. The summed E-state index contributed by atoms with van der Waals surface area (Å²) in [5.41, 5.74) is 2.84. The van der Waals surface area contributed by atoms with Crippen molar-refractivity contribution in [3.05, 3.63) is 54.1 Å². The molecule has 208 valence electrons. The molecule has 0 radical (unpaired) electrons. The summed E-state index contributed by atoms with van der Waals surface area (Å²) in [6.45, 7) is 5.35. The zero-order chi connectivity index (χ0) is 26.0. The van der Waals surface area contributed by atoms with Crippen LogP contribution in [-0.4, -0.2) is 78.8 Å². The number of nitrogens with zero attached hydrogens (tertiary/aromatic N) is 3. The molecule has 3 amide bonds. The van der Waals surface area contributed by atoms with Gasteiger partial charge in [-0.3, -0.25) is 4.79 Å². The molecular formula is C28H38Cl3N5O2. The van der Waals surface area contributed by atoms with Gasteiger partial charge in [0.05, 0.1) is 0 Å². The van der Waals surface area contributed by atoms with Gasteiger partial charge >= 0.3 is 6.03 Å². The first-order valence-electron chi connectivity index (χ1n) is 13.3. The van der Waals surface area contributed by atoms with Crippen molar-refractivity contribution in [3.63, 3.8) is 0 Å². The molecule has 0 spiro atoms. The number of nitrogens with one attached hydrogen (secondary N) is 2. The predicted octanol–water partition coefficient (Wildman–Crippen LogP) is 6.13. The fourth-order valence-electron chi connectivity index (χ4n) is 5.25. The van der Waals surface area contributed by atoms with Gasteiger partial charge in [0.1, 0.15) is 0 Å². The Kier molecular flexibility index (Phi) is 12.3. The number of hydrogen-bond acceptors (Lipinski definition) is 4. The van der Waals surface area contributed by atoms with Crippen LogP contribution in [0.5, 0.6) is 0 Å². The number of likely N-dealkylation sites (tertiary alicyclic amines) is 2. The molecule has 0 bridgehead atoms. The Bertz CT molecular complexity index is 1020. The lowest BCUT2D eigenvalue weighted by Gasteiger charge is -2.40. The normalized spacial score (nSPS) is 16.4. The summed E-state index contributed by atoms with van der Waals surface area (Å²) in [7, 11) is 0. The van der Waals surface area contributed by atoms with Crippen molar-refractivity contribution in [2.75, 3.05) is 66.6 Å². The molecule has 4 rings (SSSR count). The molecule has 10 heteroatoms. The number of hydrogen-bond donors (Lipinski definition) is 2. The summed E-state index contributed by atoms with van der Waals surface area (Å²) in [4.78, 5) is 32.4. The highest BCUT2D eigenvalue weighted by atomic mass is 35.5. The molecule has 2 aromatic carbocycles. The number of amides is 3. The highest BCUT2D eigenvalue weighted by Gasteiger charge is 2.28. The molecular weight excluding hydrogens is 545 g/mol. The lowest BCUT2D eigenvalue weighted by molar-refractivity contribution is 0.0590. The van der Waals surface area contributed by atoms with Crippen molar-refractivity contribution in [2.45, 2.75) is 38.1 Å². The van der Waals surface area contributed by atoms with Gasteiger partial charge in [-0.25, -0.2) is 4.79 Å². The topological polar surface area (TPSA) is 67.9 Å². The van der Waals surface area contributed by atoms with Gasteiger partial charge < -0.3 is 25.3 Å². The molecule has 38 heavy (non-hydrogen) atoms. The smallest absolute Gasteiger partial charge is 0.323 e. The van der Waals surface area contributed by atoms with Crippen LogP contribution in [0.3, 0.4) is 0 Å². The summed E-state index contributed by atoms with van der Waals surface area (Å²) >= 11 is 11.8. The van der Waals surface area contributed by atoms with Crippen LogP contribution in [0.4, 0.5) is 21.9 Å². The van der Waals surface area contributed by atoms with Gasteiger partial charge in [-0.2, -0.15) is 0 Å². The molecule has 2 saturated heterocycles. The molecule has 0 aliphatic carbocycles. The second-order valence-electron chi connectivity index (χ2n) is 9.69. The van der Waals surface area contributed by atoms with Crippen LogP contribution in [0.2, 0.25) is 0 Å². The average Bonchev–Trinajstić information content (AvgIpc) is 2.94. The van der Waals surface area contributed by atoms with E-state index in [0.29, 0.717) is 47.8 Å². The maximum absolute atomic E-state index is 13.2. The van der Waals surface area contributed by atoms with Gasteiger partial charge in [-0.1, -0.05) is 12.5 Å². The number of piperidine rings is 2. The third-order valence-electron chi connectivity index (χ3n) is 7.23. The second kappa shape index (κ2) is 15.4. The molecule has 2 heterocycles. The zero-order valence-electron chi connectivity index (χ0n) is 21.7. The Morgan fingerprint density at radius 2 is 1.47 bits per heavy atom. The Balaban J connectivity index is 0.00000400. The molecule has 2 fully saturated rings. The van der Waals surface area contributed by atoms with E-state index in [-0.39, 0.29) is 24.3 Å². The van der Waals surface area contributed by atoms with Crippen molar-refractivity contribution in [1.82, 2.24) is 9.80 Å². The molecule has 7 nitrogen and oxygen atoms in total. The molecule has 2 N–H and O–H groups in total. The van der Waals surface area contributed by atoms with E-state index in [9.17, 15) is 9.59 Å². The quantitative estimate of drug-likeness (QED) is 0.349. The zero-order valence-corrected chi connectivity index (χ0v) is 24.0. The van der Waals surface area contributed by atoms with Crippen molar-refractivity contribution in [1.29, 1.82) is 0 Å². The first-order valence-corrected chi connectivity index (χ1v) is 14.3. The van der Waals surface area contributed by atoms with Gasteiger partial charge in [0.25, 0.3) is 5.91 Å². The molecule has 0 aromatic heterocycles. The first kappa shape index (κ1) is 30.4. The lowest BCUT2D eigenvalue weighted by atomic mass is 9.99. The van der Waals surface area contributed by atoms with Gasteiger partial charge in [-0.15, -0.1) is 35.6 Å². The second-order valence-corrected chi connectivity index (χ2v) is 10.4. The number of rotatable bonds is 9. The average molecular weight is 583 g/mol. The van der Waals surface area contributed by atoms with Crippen molar-refractivity contribution < 1.29 is 9.59 Å². The Morgan fingerprint density at radius 3 is 2.11 bits per heavy atom. The van der Waals surface area contributed by atoms with E-state index < -0.39 is 0 Å². The van der Waals surface area contributed by atoms with E-state index in [1.165, 1.54) is 32.4 Å². The van der Waals surface area contributed by atoms with Crippen LogP contribution in [0.25, 0.3) is 0 Å². The van der Waals surface area contributed by atoms with Crippen LogP contribution in [0, 0.1) is 0 Å². The minimum absolute atomic E-state index is 0. The lowest BCUT2D eigenvalue weighted by Crippen LogP contribution is -2.48. The van der Waals surface area contributed by atoms with E-state index in [0.717, 1.165) is 31.6 Å². The Labute approximate surface area is 242 Å². The fraction of sp³-hybridized carbons (Fsp3) is 0.500. The van der Waals surface area contributed by atoms with Crippen LogP contribution in [0.15, 0.2) is 48.5 Å². The molecule has 0 atom stereocenters. The van der Waals surface area contributed by atoms with Gasteiger partial charge in [0.15, 0.2) is 0 Å².